The van der Waals surface area contributed by atoms with Crippen LogP contribution in [0.1, 0.15) is 35.6 Å². The summed E-state index contributed by atoms with van der Waals surface area (Å²) in [4.78, 5) is 13.8. The average Bonchev–Trinajstić information content (AvgIpc) is 3.23. The summed E-state index contributed by atoms with van der Waals surface area (Å²) >= 11 is 0. The van der Waals surface area contributed by atoms with E-state index in [2.05, 4.69) is 15.0 Å². The van der Waals surface area contributed by atoms with Gasteiger partial charge in [-0.1, -0.05) is 0 Å². The number of nitrogens with zero attached hydrogens (tertiary/aromatic N) is 5. The van der Waals surface area contributed by atoms with E-state index in [-0.39, 0.29) is 24.1 Å². The van der Waals surface area contributed by atoms with Crippen molar-refractivity contribution >= 4 is 22.5 Å². The number of fused-ring (bicyclic) bond motifs is 1. The number of hydrogen-bond donors (Lipinski definition) is 1. The zero-order valence-corrected chi connectivity index (χ0v) is 18.4. The van der Waals surface area contributed by atoms with Gasteiger partial charge in [0.1, 0.15) is 11.6 Å². The molecule has 182 valence electrons. The number of benzene rings is 1. The quantitative estimate of drug-likeness (QED) is 0.318. The number of rotatable bonds is 4. The Hall–Kier alpha value is -3.76. The predicted molar refractivity (Wildman–Crippen MR) is 121 cm³/mol. The second-order valence-electron chi connectivity index (χ2n) is 8.61. The third-order valence-electron chi connectivity index (χ3n) is 6.31. The number of pyridine rings is 1. The highest BCUT2D eigenvalue weighted by Gasteiger charge is 2.32. The van der Waals surface area contributed by atoms with Crippen LogP contribution in [0.15, 0.2) is 49.1 Å². The van der Waals surface area contributed by atoms with Crippen molar-refractivity contribution in [2.24, 2.45) is 0 Å². The van der Waals surface area contributed by atoms with Gasteiger partial charge < -0.3 is 15.2 Å². The molecule has 5 rings (SSSR count). The summed E-state index contributed by atoms with van der Waals surface area (Å²) in [5, 5.41) is 0.628. The minimum absolute atomic E-state index is 0.0459. The van der Waals surface area contributed by atoms with Crippen LogP contribution in [-0.4, -0.2) is 32.6 Å². The fraction of sp³-hybridized carbons (Fsp3) is 0.292. The maximum absolute atomic E-state index is 14.9. The van der Waals surface area contributed by atoms with E-state index in [9.17, 15) is 22.0 Å². The number of aromatic nitrogens is 4. The van der Waals surface area contributed by atoms with Crippen molar-refractivity contribution in [3.63, 3.8) is 0 Å². The molecule has 6 nitrogen and oxygen atoms in total. The van der Waals surface area contributed by atoms with Crippen molar-refractivity contribution in [2.75, 3.05) is 23.7 Å². The Balaban J connectivity index is 1.26. The molecular weight excluding hydrogens is 467 g/mol. The van der Waals surface area contributed by atoms with Gasteiger partial charge in [0, 0.05) is 49.0 Å². The summed E-state index contributed by atoms with van der Waals surface area (Å²) < 4.78 is 69.1. The van der Waals surface area contributed by atoms with Crippen LogP contribution < -0.4 is 10.6 Å². The van der Waals surface area contributed by atoms with Gasteiger partial charge in [-0.3, -0.25) is 4.98 Å². The number of hydrogen-bond acceptors (Lipinski definition) is 5. The number of anilines is 2. The summed E-state index contributed by atoms with van der Waals surface area (Å²) in [6, 6.07) is 6.06. The van der Waals surface area contributed by atoms with Crippen LogP contribution in [0.25, 0.3) is 10.9 Å². The normalized spacial score (nSPS) is 15.2. The Morgan fingerprint density at radius 3 is 2.31 bits per heavy atom. The third-order valence-corrected chi connectivity index (χ3v) is 6.31. The third kappa shape index (κ3) is 4.62. The van der Waals surface area contributed by atoms with E-state index in [0.717, 1.165) is 18.0 Å². The van der Waals surface area contributed by atoms with Crippen LogP contribution in [0.5, 0.6) is 0 Å². The van der Waals surface area contributed by atoms with Crippen LogP contribution in [0, 0.1) is 11.6 Å². The van der Waals surface area contributed by atoms with E-state index >= 15 is 0 Å². The molecule has 0 atom stereocenters. The molecule has 11 heteroatoms. The van der Waals surface area contributed by atoms with Crippen molar-refractivity contribution in [3.05, 3.63) is 77.5 Å². The second kappa shape index (κ2) is 8.79. The standard InChI is InChI=1S/C24H21F5N6/c25-19-8-16(10-31-21(19)13-35-6-3-15-7-18(30)9-20(26)22(15)35)14-1-4-34(5-2-14)23-32-11-17(12-33-23)24(27,28)29/h3,6-12,14H,1-2,4-5,13,30H2. The monoisotopic (exact) mass is 488 g/mol. The summed E-state index contributed by atoms with van der Waals surface area (Å²) in [7, 11) is 0. The van der Waals surface area contributed by atoms with Crippen LogP contribution in [0.2, 0.25) is 0 Å². The van der Waals surface area contributed by atoms with Crippen LogP contribution in [0.4, 0.5) is 33.6 Å². The number of nitrogen functional groups attached to an aromatic ring is 1. The molecule has 4 aromatic rings. The smallest absolute Gasteiger partial charge is 0.399 e. The van der Waals surface area contributed by atoms with E-state index in [1.165, 1.54) is 12.1 Å². The Kier molecular flexibility index (Phi) is 5.78. The Morgan fingerprint density at radius 1 is 0.943 bits per heavy atom. The highest BCUT2D eigenvalue weighted by atomic mass is 19.4. The summed E-state index contributed by atoms with van der Waals surface area (Å²) in [5.74, 6) is -0.673. The lowest BCUT2D eigenvalue weighted by molar-refractivity contribution is -0.138. The zero-order valence-electron chi connectivity index (χ0n) is 18.4. The highest BCUT2D eigenvalue weighted by Crippen LogP contribution is 2.32. The van der Waals surface area contributed by atoms with Gasteiger partial charge in [0.25, 0.3) is 0 Å². The largest absolute Gasteiger partial charge is 0.419 e. The van der Waals surface area contributed by atoms with Crippen molar-refractivity contribution in [1.29, 1.82) is 0 Å². The molecule has 0 aliphatic carbocycles. The van der Waals surface area contributed by atoms with Crippen LogP contribution >= 0.6 is 0 Å². The minimum atomic E-state index is -4.48. The fourth-order valence-corrected chi connectivity index (χ4v) is 4.47. The van der Waals surface area contributed by atoms with E-state index in [1.807, 2.05) is 4.90 Å². The molecule has 1 saturated heterocycles. The lowest BCUT2D eigenvalue weighted by Crippen LogP contribution is -2.34. The van der Waals surface area contributed by atoms with Gasteiger partial charge in [-0.25, -0.2) is 18.7 Å². The number of piperidine rings is 1. The molecule has 0 saturated carbocycles. The Morgan fingerprint density at radius 2 is 1.66 bits per heavy atom. The van der Waals surface area contributed by atoms with E-state index < -0.39 is 23.4 Å². The molecule has 4 heterocycles. The molecule has 0 unspecified atom stereocenters. The number of alkyl halides is 3. The maximum Gasteiger partial charge on any atom is 0.419 e. The molecule has 0 spiro atoms. The molecule has 1 aromatic carbocycles. The van der Waals surface area contributed by atoms with Crippen LogP contribution in [0.3, 0.4) is 0 Å². The summed E-state index contributed by atoms with van der Waals surface area (Å²) in [6.07, 6.45) is 1.68. The topological polar surface area (TPSA) is 72.9 Å². The molecule has 2 N–H and O–H groups in total. The lowest BCUT2D eigenvalue weighted by atomic mass is 9.90. The molecule has 1 aliphatic heterocycles. The predicted octanol–water partition coefficient (Wildman–Crippen LogP) is 5.14. The molecule has 0 radical (unpaired) electrons. The molecule has 0 amide bonds. The first kappa shape index (κ1) is 23.0. The fourth-order valence-electron chi connectivity index (χ4n) is 4.47. The molecule has 1 aliphatic rings. The van der Waals surface area contributed by atoms with Gasteiger partial charge in [-0.05, 0) is 48.6 Å². The first-order valence-electron chi connectivity index (χ1n) is 11.0. The molecule has 0 bridgehead atoms. The van der Waals surface area contributed by atoms with Gasteiger partial charge in [0.05, 0.1) is 23.3 Å². The SMILES string of the molecule is Nc1cc(F)c2c(ccn2Cc2ncc(C3CCN(c4ncc(C(F)(F)F)cn4)CC3)cc2F)c1. The van der Waals surface area contributed by atoms with E-state index in [0.29, 0.717) is 42.5 Å². The average molecular weight is 488 g/mol. The first-order chi connectivity index (χ1) is 16.7. The van der Waals surface area contributed by atoms with Gasteiger partial charge in [-0.2, -0.15) is 13.2 Å². The highest BCUT2D eigenvalue weighted by molar-refractivity contribution is 5.84. The first-order valence-corrected chi connectivity index (χ1v) is 11.0. The maximum atomic E-state index is 14.9. The summed E-state index contributed by atoms with van der Waals surface area (Å²) in [5.41, 5.74) is 6.39. The van der Waals surface area contributed by atoms with Gasteiger partial charge >= 0.3 is 6.18 Å². The van der Waals surface area contributed by atoms with E-state index in [1.54, 1.807) is 29.1 Å². The van der Waals surface area contributed by atoms with Crippen molar-refractivity contribution < 1.29 is 22.0 Å². The van der Waals surface area contributed by atoms with Crippen molar-refractivity contribution in [2.45, 2.75) is 31.5 Å². The summed E-state index contributed by atoms with van der Waals surface area (Å²) in [6.45, 7) is 1.12. The van der Waals surface area contributed by atoms with Gasteiger partial charge in [0.15, 0.2) is 0 Å². The Bertz CT molecular complexity index is 1360. The lowest BCUT2D eigenvalue weighted by Gasteiger charge is -2.32. The van der Waals surface area contributed by atoms with Crippen molar-refractivity contribution in [1.82, 2.24) is 19.5 Å². The Labute approximate surface area is 197 Å². The van der Waals surface area contributed by atoms with Crippen molar-refractivity contribution in [3.8, 4) is 0 Å². The second-order valence-corrected chi connectivity index (χ2v) is 8.61. The van der Waals surface area contributed by atoms with E-state index in [4.69, 9.17) is 5.73 Å². The number of halogens is 5. The van der Waals surface area contributed by atoms with Crippen LogP contribution in [-0.2, 0) is 12.7 Å². The molecule has 3 aromatic heterocycles. The van der Waals surface area contributed by atoms with Gasteiger partial charge in [0.2, 0.25) is 5.95 Å². The molecule has 1 fully saturated rings. The van der Waals surface area contributed by atoms with Gasteiger partial charge in [-0.15, -0.1) is 0 Å². The molecule has 35 heavy (non-hydrogen) atoms. The minimum Gasteiger partial charge on any atom is -0.399 e. The zero-order chi connectivity index (χ0) is 24.7. The molecular formula is C24H21F5N6. The number of nitrogens with two attached hydrogens (primary N) is 1.